The van der Waals surface area contributed by atoms with E-state index in [4.69, 9.17) is 4.74 Å². The van der Waals surface area contributed by atoms with Gasteiger partial charge in [0.25, 0.3) is 10.2 Å². The third-order valence-electron chi connectivity index (χ3n) is 5.07. The molecule has 2 fully saturated rings. The second kappa shape index (κ2) is 8.69. The third kappa shape index (κ3) is 5.19. The molecule has 0 bridgehead atoms. The average molecular weight is 382 g/mol. The molecule has 146 valence electrons. The molecule has 0 spiro atoms. The molecular formula is C19H31N3O3S. The van der Waals surface area contributed by atoms with Crippen LogP contribution in [0.3, 0.4) is 0 Å². The molecule has 2 aliphatic rings. The largest absolute Gasteiger partial charge is 0.491 e. The maximum absolute atomic E-state index is 12.6. The molecule has 1 aromatic carbocycles. The fourth-order valence-electron chi connectivity index (χ4n) is 3.70. The van der Waals surface area contributed by atoms with E-state index in [0.29, 0.717) is 13.1 Å². The number of para-hydroxylation sites is 1. The van der Waals surface area contributed by atoms with Gasteiger partial charge in [-0.15, -0.1) is 0 Å². The van der Waals surface area contributed by atoms with Crippen molar-refractivity contribution >= 4 is 10.2 Å². The Labute approximate surface area is 157 Å². The molecule has 0 radical (unpaired) electrons. The number of benzene rings is 1. The summed E-state index contributed by atoms with van der Waals surface area (Å²) >= 11 is 0. The second-order valence-electron chi connectivity index (χ2n) is 7.55. The number of nitrogens with zero attached hydrogens (tertiary/aromatic N) is 2. The number of hydrogen-bond donors (Lipinski definition) is 1. The zero-order valence-corrected chi connectivity index (χ0v) is 16.7. The van der Waals surface area contributed by atoms with Crippen LogP contribution in [0.5, 0.6) is 5.75 Å². The number of hydrogen-bond acceptors (Lipinski definition) is 4. The van der Waals surface area contributed by atoms with E-state index >= 15 is 0 Å². The zero-order valence-electron chi connectivity index (χ0n) is 15.9. The standard InChI is InChI=1S/C19H31N3O3S/c1-16(2)25-19-10-6-3-7-17(19)15-21-11-13-22(14-12-21)26(23,24)20-18-8-4-5-9-18/h3,6-7,10,16,18,20H,4-5,8-9,11-15H2,1-2H3. The van der Waals surface area contributed by atoms with Gasteiger partial charge in [0.2, 0.25) is 0 Å². The van der Waals surface area contributed by atoms with Gasteiger partial charge in [0, 0.05) is 44.3 Å². The molecular weight excluding hydrogens is 350 g/mol. The van der Waals surface area contributed by atoms with Crippen LogP contribution in [0.25, 0.3) is 0 Å². The van der Waals surface area contributed by atoms with E-state index in [-0.39, 0.29) is 12.1 Å². The Hall–Kier alpha value is -1.15. The summed E-state index contributed by atoms with van der Waals surface area (Å²) < 4.78 is 35.5. The minimum Gasteiger partial charge on any atom is -0.491 e. The lowest BCUT2D eigenvalue weighted by Crippen LogP contribution is -2.53. The molecule has 3 rings (SSSR count). The van der Waals surface area contributed by atoms with Crippen molar-refractivity contribution in [2.75, 3.05) is 26.2 Å². The second-order valence-corrected chi connectivity index (χ2v) is 9.26. The van der Waals surface area contributed by atoms with Crippen LogP contribution in [0.1, 0.15) is 45.1 Å². The topological polar surface area (TPSA) is 61.9 Å². The van der Waals surface area contributed by atoms with Gasteiger partial charge in [-0.05, 0) is 32.8 Å². The monoisotopic (exact) mass is 381 g/mol. The Bertz CT molecular complexity index is 679. The van der Waals surface area contributed by atoms with E-state index in [0.717, 1.165) is 56.6 Å². The SMILES string of the molecule is CC(C)Oc1ccccc1CN1CCN(S(=O)(=O)NC2CCCC2)CC1. The normalized spacial score (nSPS) is 20.7. The number of rotatable bonds is 7. The van der Waals surface area contributed by atoms with Crippen LogP contribution < -0.4 is 9.46 Å². The summed E-state index contributed by atoms with van der Waals surface area (Å²) in [5.74, 6) is 0.917. The van der Waals surface area contributed by atoms with E-state index in [1.807, 2.05) is 32.0 Å². The van der Waals surface area contributed by atoms with Crippen LogP contribution in [0.4, 0.5) is 0 Å². The molecule has 0 unspecified atom stereocenters. The van der Waals surface area contributed by atoms with Gasteiger partial charge in [-0.2, -0.15) is 17.4 Å². The Kier molecular flexibility index (Phi) is 6.55. The number of ether oxygens (including phenoxy) is 1. The van der Waals surface area contributed by atoms with Crippen molar-refractivity contribution < 1.29 is 13.2 Å². The predicted octanol–water partition coefficient (Wildman–Crippen LogP) is 2.37. The number of nitrogens with one attached hydrogen (secondary N) is 1. The maximum Gasteiger partial charge on any atom is 0.279 e. The van der Waals surface area contributed by atoms with Gasteiger partial charge in [-0.25, -0.2) is 0 Å². The van der Waals surface area contributed by atoms with E-state index in [9.17, 15) is 8.42 Å². The molecule has 26 heavy (non-hydrogen) atoms. The van der Waals surface area contributed by atoms with Crippen LogP contribution in [-0.4, -0.2) is 55.9 Å². The molecule has 6 nitrogen and oxygen atoms in total. The molecule has 1 aromatic rings. The van der Waals surface area contributed by atoms with Crippen LogP contribution in [0.15, 0.2) is 24.3 Å². The smallest absolute Gasteiger partial charge is 0.279 e. The Morgan fingerprint density at radius 1 is 1.12 bits per heavy atom. The Balaban J connectivity index is 1.54. The summed E-state index contributed by atoms with van der Waals surface area (Å²) in [4.78, 5) is 2.30. The highest BCUT2D eigenvalue weighted by Gasteiger charge is 2.30. The summed E-state index contributed by atoms with van der Waals surface area (Å²) in [7, 11) is -3.36. The molecule has 7 heteroatoms. The Morgan fingerprint density at radius 3 is 2.42 bits per heavy atom. The molecule has 1 saturated heterocycles. The van der Waals surface area contributed by atoms with E-state index < -0.39 is 10.2 Å². The molecule has 0 atom stereocenters. The van der Waals surface area contributed by atoms with Gasteiger partial charge in [0.05, 0.1) is 6.10 Å². The van der Waals surface area contributed by atoms with Crippen molar-refractivity contribution in [1.29, 1.82) is 0 Å². The quantitative estimate of drug-likeness (QED) is 0.788. The maximum atomic E-state index is 12.6. The van der Waals surface area contributed by atoms with E-state index in [1.54, 1.807) is 4.31 Å². The van der Waals surface area contributed by atoms with Gasteiger partial charge in [-0.1, -0.05) is 31.0 Å². The highest BCUT2D eigenvalue weighted by Crippen LogP contribution is 2.23. The first-order chi connectivity index (χ1) is 12.4. The first-order valence-corrected chi connectivity index (χ1v) is 11.1. The van der Waals surface area contributed by atoms with Gasteiger partial charge in [0.1, 0.15) is 5.75 Å². The third-order valence-corrected chi connectivity index (χ3v) is 6.75. The van der Waals surface area contributed by atoms with Crippen molar-refractivity contribution in [1.82, 2.24) is 13.9 Å². The summed E-state index contributed by atoms with van der Waals surface area (Å²) in [6.45, 7) is 7.38. The average Bonchev–Trinajstić information content (AvgIpc) is 3.09. The Morgan fingerprint density at radius 2 is 1.77 bits per heavy atom. The van der Waals surface area contributed by atoms with Gasteiger partial charge in [-0.3, -0.25) is 4.90 Å². The molecule has 1 N–H and O–H groups in total. The summed E-state index contributed by atoms with van der Waals surface area (Å²) in [6, 6.07) is 8.22. The summed E-state index contributed by atoms with van der Waals surface area (Å²) in [5.41, 5.74) is 1.15. The van der Waals surface area contributed by atoms with Crippen molar-refractivity contribution in [2.45, 2.75) is 58.2 Å². The summed E-state index contributed by atoms with van der Waals surface area (Å²) in [5, 5.41) is 0. The fraction of sp³-hybridized carbons (Fsp3) is 0.684. The van der Waals surface area contributed by atoms with Crippen molar-refractivity contribution in [3.8, 4) is 5.75 Å². The van der Waals surface area contributed by atoms with Crippen molar-refractivity contribution in [3.63, 3.8) is 0 Å². The zero-order chi connectivity index (χ0) is 18.6. The van der Waals surface area contributed by atoms with Crippen LogP contribution in [0, 0.1) is 0 Å². The first-order valence-electron chi connectivity index (χ1n) is 9.68. The molecule has 1 saturated carbocycles. The first kappa shape index (κ1) is 19.6. The van der Waals surface area contributed by atoms with Crippen molar-refractivity contribution in [2.24, 2.45) is 0 Å². The van der Waals surface area contributed by atoms with Gasteiger partial charge >= 0.3 is 0 Å². The van der Waals surface area contributed by atoms with Gasteiger partial charge in [0.15, 0.2) is 0 Å². The van der Waals surface area contributed by atoms with Crippen LogP contribution >= 0.6 is 0 Å². The lowest BCUT2D eigenvalue weighted by Gasteiger charge is -2.34. The molecule has 0 aromatic heterocycles. The molecule has 1 aliphatic carbocycles. The van der Waals surface area contributed by atoms with E-state index in [2.05, 4.69) is 15.7 Å². The van der Waals surface area contributed by atoms with Gasteiger partial charge < -0.3 is 4.74 Å². The summed E-state index contributed by atoms with van der Waals surface area (Å²) in [6.07, 6.45) is 4.31. The van der Waals surface area contributed by atoms with E-state index in [1.165, 1.54) is 0 Å². The van der Waals surface area contributed by atoms with Crippen LogP contribution in [0.2, 0.25) is 0 Å². The van der Waals surface area contributed by atoms with Crippen LogP contribution in [-0.2, 0) is 16.8 Å². The highest BCUT2D eigenvalue weighted by atomic mass is 32.2. The van der Waals surface area contributed by atoms with Crippen molar-refractivity contribution in [3.05, 3.63) is 29.8 Å². The lowest BCUT2D eigenvalue weighted by molar-refractivity contribution is 0.175. The number of piperazine rings is 1. The molecule has 1 aliphatic heterocycles. The minimum atomic E-state index is -3.36. The minimum absolute atomic E-state index is 0.123. The predicted molar refractivity (Wildman–Crippen MR) is 103 cm³/mol. The molecule has 0 amide bonds. The lowest BCUT2D eigenvalue weighted by atomic mass is 10.1. The fourth-order valence-corrected chi connectivity index (χ4v) is 5.15. The molecule has 1 heterocycles. The highest BCUT2D eigenvalue weighted by molar-refractivity contribution is 7.87.